The zero-order chi connectivity index (χ0) is 19.1. The highest BCUT2D eigenvalue weighted by Crippen LogP contribution is 2.29. The van der Waals surface area contributed by atoms with Crippen LogP contribution in [-0.2, 0) is 0 Å². The van der Waals surface area contributed by atoms with Crippen molar-refractivity contribution in [3.63, 3.8) is 0 Å². The van der Waals surface area contributed by atoms with Crippen molar-refractivity contribution in [2.75, 3.05) is 18.0 Å². The Kier molecular flexibility index (Phi) is 4.31. The average molecular weight is 442 g/mol. The van der Waals surface area contributed by atoms with Gasteiger partial charge in [-0.25, -0.2) is 19.3 Å². The molecule has 0 radical (unpaired) electrons. The van der Waals surface area contributed by atoms with E-state index in [1.807, 2.05) is 18.5 Å². The third-order valence-electron chi connectivity index (χ3n) is 5.16. The second-order valence-electron chi connectivity index (χ2n) is 6.90. The number of rotatable bonds is 3. The van der Waals surface area contributed by atoms with Gasteiger partial charge in [-0.05, 0) is 40.4 Å². The zero-order valence-electron chi connectivity index (χ0n) is 14.9. The van der Waals surface area contributed by atoms with Gasteiger partial charge in [-0.3, -0.25) is 9.50 Å². The molecule has 5 heterocycles. The van der Waals surface area contributed by atoms with E-state index in [1.165, 1.54) is 11.6 Å². The molecule has 1 atom stereocenters. The first-order valence-corrected chi connectivity index (χ1v) is 9.87. The standard InChI is InChI=1S/C19H17BrFN7/c20-14-11-28-16(9-23-18(28)6-15(14)21)19-22-4-3-17(26-19)27-5-1-2-12(10-27)13-7-24-25-8-13/h3-4,6-9,11-12H,1-2,5,10H2,(H,24,25). The van der Waals surface area contributed by atoms with Gasteiger partial charge in [0.1, 0.15) is 23.0 Å². The molecule has 0 spiro atoms. The molecule has 4 aromatic heterocycles. The van der Waals surface area contributed by atoms with Crippen molar-refractivity contribution < 1.29 is 4.39 Å². The fraction of sp³-hybridized carbons (Fsp3) is 0.263. The molecule has 0 saturated carbocycles. The molecule has 1 N–H and O–H groups in total. The van der Waals surface area contributed by atoms with Crippen molar-refractivity contribution in [2.45, 2.75) is 18.8 Å². The summed E-state index contributed by atoms with van der Waals surface area (Å²) >= 11 is 3.23. The number of aromatic nitrogens is 6. The Morgan fingerprint density at radius 1 is 1.25 bits per heavy atom. The highest BCUT2D eigenvalue weighted by atomic mass is 79.9. The third-order valence-corrected chi connectivity index (χ3v) is 5.74. The maximum Gasteiger partial charge on any atom is 0.180 e. The molecule has 28 heavy (non-hydrogen) atoms. The number of hydrogen-bond acceptors (Lipinski definition) is 5. The molecule has 0 bridgehead atoms. The number of nitrogens with one attached hydrogen (secondary N) is 1. The summed E-state index contributed by atoms with van der Waals surface area (Å²) in [6, 6.07) is 3.32. The number of hydrogen-bond donors (Lipinski definition) is 1. The van der Waals surface area contributed by atoms with E-state index in [1.54, 1.807) is 23.0 Å². The van der Waals surface area contributed by atoms with Gasteiger partial charge in [0.2, 0.25) is 0 Å². The first kappa shape index (κ1) is 17.3. The molecule has 0 amide bonds. The van der Waals surface area contributed by atoms with Crippen LogP contribution >= 0.6 is 15.9 Å². The van der Waals surface area contributed by atoms with Crippen LogP contribution in [0.15, 0.2) is 47.6 Å². The minimum absolute atomic E-state index is 0.349. The second-order valence-corrected chi connectivity index (χ2v) is 7.75. The van der Waals surface area contributed by atoms with Gasteiger partial charge in [0.25, 0.3) is 0 Å². The summed E-state index contributed by atoms with van der Waals surface area (Å²) in [4.78, 5) is 15.8. The number of halogens is 2. The molecule has 1 aliphatic heterocycles. The van der Waals surface area contributed by atoms with Crippen molar-refractivity contribution in [2.24, 2.45) is 0 Å². The molecule has 1 fully saturated rings. The monoisotopic (exact) mass is 441 g/mol. The van der Waals surface area contributed by atoms with E-state index in [0.717, 1.165) is 37.4 Å². The molecular formula is C19H17BrFN7. The van der Waals surface area contributed by atoms with E-state index in [4.69, 9.17) is 4.98 Å². The van der Waals surface area contributed by atoms with Gasteiger partial charge in [-0.15, -0.1) is 0 Å². The lowest BCUT2D eigenvalue weighted by Gasteiger charge is -2.33. The summed E-state index contributed by atoms with van der Waals surface area (Å²) < 4.78 is 15.9. The maximum absolute atomic E-state index is 13.8. The fourth-order valence-electron chi connectivity index (χ4n) is 3.73. The van der Waals surface area contributed by atoms with Crippen LogP contribution in [0.1, 0.15) is 24.3 Å². The normalized spacial score (nSPS) is 17.4. The summed E-state index contributed by atoms with van der Waals surface area (Å²) in [7, 11) is 0. The largest absolute Gasteiger partial charge is 0.356 e. The molecule has 142 valence electrons. The third kappa shape index (κ3) is 3.05. The minimum atomic E-state index is -0.349. The number of pyridine rings is 1. The van der Waals surface area contributed by atoms with Gasteiger partial charge in [0, 0.05) is 43.7 Å². The number of nitrogens with zero attached hydrogens (tertiary/aromatic N) is 6. The van der Waals surface area contributed by atoms with Crippen LogP contribution in [0.5, 0.6) is 0 Å². The lowest BCUT2D eigenvalue weighted by atomic mass is 9.93. The Balaban J connectivity index is 1.48. The molecule has 0 aliphatic carbocycles. The molecule has 1 saturated heterocycles. The van der Waals surface area contributed by atoms with Crippen LogP contribution < -0.4 is 4.90 Å². The van der Waals surface area contributed by atoms with Crippen LogP contribution in [0.3, 0.4) is 0 Å². The van der Waals surface area contributed by atoms with Crippen molar-refractivity contribution in [3.8, 4) is 11.5 Å². The Labute approximate surface area is 168 Å². The van der Waals surface area contributed by atoms with Crippen LogP contribution in [0.25, 0.3) is 17.2 Å². The smallest absolute Gasteiger partial charge is 0.180 e. The average Bonchev–Trinajstić information content (AvgIpc) is 3.39. The van der Waals surface area contributed by atoms with Crippen molar-refractivity contribution in [3.05, 3.63) is 59.0 Å². The van der Waals surface area contributed by atoms with Crippen molar-refractivity contribution >= 4 is 27.4 Å². The van der Waals surface area contributed by atoms with E-state index in [2.05, 4.69) is 41.0 Å². The summed E-state index contributed by atoms with van der Waals surface area (Å²) in [5.74, 6) is 1.53. The summed E-state index contributed by atoms with van der Waals surface area (Å²) in [5.41, 5.74) is 2.47. The first-order chi connectivity index (χ1) is 13.7. The van der Waals surface area contributed by atoms with E-state index >= 15 is 0 Å². The van der Waals surface area contributed by atoms with E-state index in [-0.39, 0.29) is 5.82 Å². The quantitative estimate of drug-likeness (QED) is 0.523. The van der Waals surface area contributed by atoms with Gasteiger partial charge >= 0.3 is 0 Å². The molecule has 1 unspecified atom stereocenters. The van der Waals surface area contributed by atoms with Gasteiger partial charge in [-0.1, -0.05) is 0 Å². The highest BCUT2D eigenvalue weighted by molar-refractivity contribution is 9.10. The van der Waals surface area contributed by atoms with E-state index in [0.29, 0.717) is 21.9 Å². The SMILES string of the molecule is Fc1cc2ncc(-c3nccc(N4CCCC(c5cn[nH]c5)C4)n3)n2cc1Br. The molecule has 5 rings (SSSR count). The molecule has 7 nitrogen and oxygen atoms in total. The van der Waals surface area contributed by atoms with E-state index < -0.39 is 0 Å². The van der Waals surface area contributed by atoms with Crippen LogP contribution in [-0.4, -0.2) is 42.6 Å². The molecule has 0 aromatic carbocycles. The minimum Gasteiger partial charge on any atom is -0.356 e. The lowest BCUT2D eigenvalue weighted by Crippen LogP contribution is -2.34. The van der Waals surface area contributed by atoms with Crippen LogP contribution in [0, 0.1) is 5.82 Å². The Bertz CT molecular complexity index is 1120. The second kappa shape index (κ2) is 6.97. The molecule has 1 aliphatic rings. The Hall–Kier alpha value is -2.81. The van der Waals surface area contributed by atoms with Crippen molar-refractivity contribution in [1.82, 2.24) is 29.5 Å². The number of anilines is 1. The number of fused-ring (bicyclic) bond motifs is 1. The van der Waals surface area contributed by atoms with Gasteiger partial charge < -0.3 is 4.90 Å². The van der Waals surface area contributed by atoms with E-state index in [9.17, 15) is 4.39 Å². The number of imidazole rings is 1. The predicted molar refractivity (Wildman–Crippen MR) is 107 cm³/mol. The fourth-order valence-corrected chi connectivity index (χ4v) is 4.05. The number of H-pyrrole nitrogens is 1. The number of aromatic amines is 1. The molecular weight excluding hydrogens is 425 g/mol. The predicted octanol–water partition coefficient (Wildman–Crippen LogP) is 3.80. The van der Waals surface area contributed by atoms with Gasteiger partial charge in [-0.2, -0.15) is 5.10 Å². The number of piperidine rings is 1. The molecule has 9 heteroatoms. The summed E-state index contributed by atoms with van der Waals surface area (Å²) in [6.45, 7) is 1.84. The lowest BCUT2D eigenvalue weighted by molar-refractivity contribution is 0.507. The topological polar surface area (TPSA) is 75.0 Å². The Morgan fingerprint density at radius 2 is 2.18 bits per heavy atom. The van der Waals surface area contributed by atoms with Crippen LogP contribution in [0.4, 0.5) is 10.2 Å². The molecule has 4 aromatic rings. The van der Waals surface area contributed by atoms with Crippen LogP contribution in [0.2, 0.25) is 0 Å². The summed E-state index contributed by atoms with van der Waals surface area (Å²) in [6.07, 6.45) is 11.2. The highest BCUT2D eigenvalue weighted by Gasteiger charge is 2.23. The Morgan fingerprint density at radius 3 is 3.04 bits per heavy atom. The van der Waals surface area contributed by atoms with Gasteiger partial charge in [0.15, 0.2) is 5.82 Å². The maximum atomic E-state index is 13.8. The zero-order valence-corrected chi connectivity index (χ0v) is 16.5. The van der Waals surface area contributed by atoms with Crippen molar-refractivity contribution in [1.29, 1.82) is 0 Å². The first-order valence-electron chi connectivity index (χ1n) is 9.08. The van der Waals surface area contributed by atoms with Gasteiger partial charge in [0.05, 0.1) is 16.9 Å². The summed E-state index contributed by atoms with van der Waals surface area (Å²) in [5, 5.41) is 6.98.